The molecule has 0 fully saturated rings. The zero-order valence-corrected chi connectivity index (χ0v) is 7.62. The van der Waals surface area contributed by atoms with Gasteiger partial charge in [0.1, 0.15) is 0 Å². The molecule has 0 aromatic rings. The fourth-order valence-corrected chi connectivity index (χ4v) is 0.875. The van der Waals surface area contributed by atoms with Crippen LogP contribution in [0.25, 0.3) is 0 Å². The highest BCUT2D eigenvalue weighted by Crippen LogP contribution is 1.95. The third-order valence-corrected chi connectivity index (χ3v) is 1.62. The van der Waals surface area contributed by atoms with Gasteiger partial charge in [0, 0.05) is 12.4 Å². The summed E-state index contributed by atoms with van der Waals surface area (Å²) in [7, 11) is 0. The molecule has 2 rings (SSSR count). The molecule has 2 aliphatic rings. The van der Waals surface area contributed by atoms with Gasteiger partial charge in [-0.3, -0.25) is 9.98 Å². The summed E-state index contributed by atoms with van der Waals surface area (Å²) in [5.41, 5.74) is 2.64. The fourth-order valence-electron chi connectivity index (χ4n) is 0.875. The van der Waals surface area contributed by atoms with Crippen molar-refractivity contribution in [3.05, 3.63) is 23.3 Å². The van der Waals surface area contributed by atoms with Crippen LogP contribution in [-0.2, 0) is 0 Å². The Morgan fingerprint density at radius 2 is 2.08 bits per heavy atom. The monoisotopic (exact) mass is 162 g/mol. The average Bonchev–Trinajstić information content (AvgIpc) is 2.63. The number of nitrogens with zero attached hydrogens (tertiary/aromatic N) is 2. The summed E-state index contributed by atoms with van der Waals surface area (Å²) in [6.07, 6.45) is 7.86. The van der Waals surface area contributed by atoms with Crippen molar-refractivity contribution in [3.63, 3.8) is 0 Å². The van der Waals surface area contributed by atoms with Gasteiger partial charge in [0.2, 0.25) is 0 Å². The van der Waals surface area contributed by atoms with Crippen molar-refractivity contribution in [2.45, 2.75) is 13.8 Å². The van der Waals surface area contributed by atoms with Gasteiger partial charge < -0.3 is 0 Å². The lowest BCUT2D eigenvalue weighted by molar-refractivity contribution is 1.18. The minimum Gasteiger partial charge on any atom is -0.289 e. The van der Waals surface area contributed by atoms with Crippen LogP contribution < -0.4 is 0 Å². The molecular formula is C10H14N2. The molecule has 0 saturated carbocycles. The highest BCUT2D eigenvalue weighted by molar-refractivity contribution is 5.79. The van der Waals surface area contributed by atoms with Crippen LogP contribution in [0.2, 0.25) is 0 Å². The first-order valence-corrected chi connectivity index (χ1v) is 4.11. The highest BCUT2D eigenvalue weighted by atomic mass is 14.7. The Morgan fingerprint density at radius 3 is 2.25 bits per heavy atom. The van der Waals surface area contributed by atoms with Crippen molar-refractivity contribution in [1.82, 2.24) is 0 Å². The van der Waals surface area contributed by atoms with Crippen molar-refractivity contribution < 1.29 is 0 Å². The van der Waals surface area contributed by atoms with E-state index in [9.17, 15) is 0 Å². The van der Waals surface area contributed by atoms with Crippen molar-refractivity contribution in [2.24, 2.45) is 9.98 Å². The Balaban J connectivity index is 0.000000120. The summed E-state index contributed by atoms with van der Waals surface area (Å²) in [4.78, 5) is 7.89. The van der Waals surface area contributed by atoms with Gasteiger partial charge in [0.05, 0.1) is 13.1 Å². The first kappa shape index (κ1) is 8.91. The molecule has 2 aliphatic heterocycles. The van der Waals surface area contributed by atoms with E-state index in [2.05, 4.69) is 29.9 Å². The fraction of sp³-hybridized carbons (Fsp3) is 0.400. The van der Waals surface area contributed by atoms with Crippen LogP contribution in [-0.4, -0.2) is 25.5 Å². The summed E-state index contributed by atoms with van der Waals surface area (Å²) in [6.45, 7) is 5.94. The van der Waals surface area contributed by atoms with E-state index in [1.54, 1.807) is 0 Å². The smallest absolute Gasteiger partial charge is 0.0600 e. The van der Waals surface area contributed by atoms with Crippen molar-refractivity contribution in [3.8, 4) is 0 Å². The quantitative estimate of drug-likeness (QED) is 0.520. The lowest BCUT2D eigenvalue weighted by atomic mass is 10.3. The van der Waals surface area contributed by atoms with Crippen LogP contribution >= 0.6 is 0 Å². The molecule has 2 nitrogen and oxygen atoms in total. The summed E-state index contributed by atoms with van der Waals surface area (Å²) >= 11 is 0. The lowest BCUT2D eigenvalue weighted by Gasteiger charge is -1.77. The molecule has 0 spiro atoms. The molecule has 0 bridgehead atoms. The van der Waals surface area contributed by atoms with E-state index >= 15 is 0 Å². The molecule has 0 radical (unpaired) electrons. The van der Waals surface area contributed by atoms with Gasteiger partial charge in [-0.15, -0.1) is 0 Å². The normalized spacial score (nSPS) is 18.5. The second-order valence-electron chi connectivity index (χ2n) is 2.95. The van der Waals surface area contributed by atoms with E-state index in [0.29, 0.717) is 0 Å². The standard InChI is InChI=1S/2C5H7N/c2*1-5-2-3-6-4-5/h2,4H,3H2,1H3;2-3H,4H2,1H3. The average molecular weight is 162 g/mol. The number of aliphatic imine (C=N–C) groups is 2. The van der Waals surface area contributed by atoms with Gasteiger partial charge in [-0.1, -0.05) is 11.6 Å². The predicted molar refractivity (Wildman–Crippen MR) is 54.2 cm³/mol. The van der Waals surface area contributed by atoms with Gasteiger partial charge in [0.15, 0.2) is 0 Å². The maximum atomic E-state index is 3.95. The SMILES string of the molecule is CC1=CC=NC1.CC1=CCN=C1. The molecule has 0 amide bonds. The number of hydrogen-bond acceptors (Lipinski definition) is 2. The Hall–Kier alpha value is -1.18. The molecule has 2 heteroatoms. The minimum atomic E-state index is 0.895. The largest absolute Gasteiger partial charge is 0.289 e. The summed E-state index contributed by atoms with van der Waals surface area (Å²) in [6, 6.07) is 0. The van der Waals surface area contributed by atoms with Crippen LogP contribution in [0, 0.1) is 0 Å². The van der Waals surface area contributed by atoms with Gasteiger partial charge in [-0.2, -0.15) is 0 Å². The van der Waals surface area contributed by atoms with Gasteiger partial charge in [-0.05, 0) is 25.5 Å². The minimum absolute atomic E-state index is 0.895. The van der Waals surface area contributed by atoms with Crippen LogP contribution in [0.1, 0.15) is 13.8 Å². The molecule has 0 aromatic heterocycles. The third-order valence-electron chi connectivity index (χ3n) is 1.62. The molecule has 0 saturated heterocycles. The number of rotatable bonds is 0. The number of allylic oxidation sites excluding steroid dienone is 2. The van der Waals surface area contributed by atoms with Gasteiger partial charge in [-0.25, -0.2) is 0 Å². The van der Waals surface area contributed by atoms with Crippen molar-refractivity contribution in [1.29, 1.82) is 0 Å². The third kappa shape index (κ3) is 3.28. The maximum Gasteiger partial charge on any atom is 0.0600 e. The van der Waals surface area contributed by atoms with E-state index in [-0.39, 0.29) is 0 Å². The molecule has 64 valence electrons. The first-order chi connectivity index (χ1) is 5.79. The Kier molecular flexibility index (Phi) is 3.45. The lowest BCUT2D eigenvalue weighted by Crippen LogP contribution is -1.70. The molecule has 2 heterocycles. The van der Waals surface area contributed by atoms with Gasteiger partial charge >= 0.3 is 0 Å². The molecule has 0 aromatic carbocycles. The molecule has 12 heavy (non-hydrogen) atoms. The zero-order valence-electron chi connectivity index (χ0n) is 7.62. The van der Waals surface area contributed by atoms with Crippen LogP contribution in [0.5, 0.6) is 0 Å². The first-order valence-electron chi connectivity index (χ1n) is 4.11. The maximum absolute atomic E-state index is 3.95. The second-order valence-corrected chi connectivity index (χ2v) is 2.95. The van der Waals surface area contributed by atoms with Crippen LogP contribution in [0.15, 0.2) is 33.3 Å². The van der Waals surface area contributed by atoms with E-state index in [1.165, 1.54) is 11.1 Å². The highest BCUT2D eigenvalue weighted by Gasteiger charge is 1.87. The van der Waals surface area contributed by atoms with Crippen molar-refractivity contribution >= 4 is 12.4 Å². The molecule has 0 atom stereocenters. The summed E-state index contributed by atoms with van der Waals surface area (Å²) < 4.78 is 0. The topological polar surface area (TPSA) is 24.7 Å². The van der Waals surface area contributed by atoms with Crippen molar-refractivity contribution in [2.75, 3.05) is 13.1 Å². The summed E-state index contributed by atoms with van der Waals surface area (Å²) in [5, 5.41) is 0. The summed E-state index contributed by atoms with van der Waals surface area (Å²) in [5.74, 6) is 0. The zero-order chi connectivity index (χ0) is 8.81. The molecular weight excluding hydrogens is 148 g/mol. The van der Waals surface area contributed by atoms with E-state index in [1.807, 2.05) is 18.5 Å². The van der Waals surface area contributed by atoms with E-state index < -0.39 is 0 Å². The predicted octanol–water partition coefficient (Wildman–Crippen LogP) is 2.03. The Morgan fingerprint density at radius 1 is 1.25 bits per heavy atom. The second kappa shape index (κ2) is 4.65. The van der Waals surface area contributed by atoms with Crippen LogP contribution in [0.4, 0.5) is 0 Å². The molecule has 0 aliphatic carbocycles. The number of hydrogen-bond donors (Lipinski definition) is 0. The molecule has 0 N–H and O–H groups in total. The Labute approximate surface area is 73.4 Å². The van der Waals surface area contributed by atoms with Gasteiger partial charge in [0.25, 0.3) is 0 Å². The van der Waals surface area contributed by atoms with Crippen LogP contribution in [0.3, 0.4) is 0 Å². The molecule has 0 unspecified atom stereocenters. The Bertz CT molecular complexity index is 254. The van der Waals surface area contributed by atoms with E-state index in [0.717, 1.165) is 13.1 Å². The van der Waals surface area contributed by atoms with E-state index in [4.69, 9.17) is 0 Å².